The average molecular weight is 227 g/mol. The highest BCUT2D eigenvalue weighted by molar-refractivity contribution is 5.84. The maximum absolute atomic E-state index is 11.8. The van der Waals surface area contributed by atoms with Crippen LogP contribution in [0.5, 0.6) is 0 Å². The molecule has 1 aliphatic carbocycles. The highest BCUT2D eigenvalue weighted by atomic mass is 16.4. The first-order chi connectivity index (χ1) is 7.61. The highest BCUT2D eigenvalue weighted by Gasteiger charge is 2.22. The largest absolute Gasteiger partial charge is 0.480 e. The van der Waals surface area contributed by atoms with Crippen molar-refractivity contribution >= 4 is 11.9 Å². The van der Waals surface area contributed by atoms with Crippen LogP contribution in [-0.2, 0) is 9.59 Å². The predicted molar refractivity (Wildman–Crippen MR) is 61.0 cm³/mol. The van der Waals surface area contributed by atoms with E-state index in [1.54, 1.807) is 0 Å². The van der Waals surface area contributed by atoms with Gasteiger partial charge in [0.15, 0.2) is 0 Å². The normalized spacial score (nSPS) is 20.6. The minimum absolute atomic E-state index is 0.0158. The number of aliphatic carboxylic acids is 1. The van der Waals surface area contributed by atoms with Crippen molar-refractivity contribution in [1.82, 2.24) is 5.32 Å². The van der Waals surface area contributed by atoms with Crippen molar-refractivity contribution in [3.8, 4) is 0 Å². The smallest absolute Gasteiger partial charge is 0.325 e. The van der Waals surface area contributed by atoms with Crippen LogP contribution < -0.4 is 5.32 Å². The van der Waals surface area contributed by atoms with Crippen LogP contribution in [0.2, 0.25) is 0 Å². The molecule has 1 fully saturated rings. The van der Waals surface area contributed by atoms with Gasteiger partial charge in [0.05, 0.1) is 0 Å². The summed E-state index contributed by atoms with van der Waals surface area (Å²) in [4.78, 5) is 22.4. The Morgan fingerprint density at radius 3 is 2.12 bits per heavy atom. The lowest BCUT2D eigenvalue weighted by Gasteiger charge is -2.20. The Kier molecular flexibility index (Phi) is 5.29. The number of carboxylic acid groups (broad SMARTS) is 1. The molecule has 92 valence electrons. The molecule has 0 aromatic carbocycles. The molecule has 0 aromatic heterocycles. The van der Waals surface area contributed by atoms with Gasteiger partial charge >= 0.3 is 5.97 Å². The summed E-state index contributed by atoms with van der Waals surface area (Å²) in [6.45, 7) is 1.50. The SMILES string of the molecule is C[C@H](NC(=O)C1CCCCCCC1)C(=O)O. The van der Waals surface area contributed by atoms with Crippen LogP contribution in [0.4, 0.5) is 0 Å². The van der Waals surface area contributed by atoms with Crippen LogP contribution in [-0.4, -0.2) is 23.0 Å². The van der Waals surface area contributed by atoms with Crippen molar-refractivity contribution in [3.05, 3.63) is 0 Å². The summed E-state index contributed by atoms with van der Waals surface area (Å²) < 4.78 is 0. The lowest BCUT2D eigenvalue weighted by molar-refractivity contribution is -0.142. The van der Waals surface area contributed by atoms with E-state index in [2.05, 4.69) is 5.32 Å². The van der Waals surface area contributed by atoms with Crippen LogP contribution in [0.25, 0.3) is 0 Å². The number of amides is 1. The maximum Gasteiger partial charge on any atom is 0.325 e. The Morgan fingerprint density at radius 2 is 1.62 bits per heavy atom. The van der Waals surface area contributed by atoms with E-state index in [1.807, 2.05) is 0 Å². The van der Waals surface area contributed by atoms with E-state index in [1.165, 1.54) is 26.2 Å². The van der Waals surface area contributed by atoms with Crippen molar-refractivity contribution in [2.45, 2.75) is 57.9 Å². The van der Waals surface area contributed by atoms with Crippen LogP contribution in [0.3, 0.4) is 0 Å². The van der Waals surface area contributed by atoms with Gasteiger partial charge in [-0.3, -0.25) is 9.59 Å². The molecular weight excluding hydrogens is 206 g/mol. The molecule has 1 amide bonds. The van der Waals surface area contributed by atoms with Gasteiger partial charge in [-0.15, -0.1) is 0 Å². The van der Waals surface area contributed by atoms with Gasteiger partial charge in [-0.25, -0.2) is 0 Å². The van der Waals surface area contributed by atoms with Gasteiger partial charge in [-0.1, -0.05) is 32.1 Å². The molecule has 1 aliphatic rings. The quantitative estimate of drug-likeness (QED) is 0.774. The topological polar surface area (TPSA) is 66.4 Å². The number of rotatable bonds is 3. The molecule has 4 nitrogen and oxygen atoms in total. The first-order valence-corrected chi connectivity index (χ1v) is 6.14. The monoisotopic (exact) mass is 227 g/mol. The van der Waals surface area contributed by atoms with Gasteiger partial charge in [0.1, 0.15) is 6.04 Å². The summed E-state index contributed by atoms with van der Waals surface area (Å²) in [5.74, 6) is -1.04. The fourth-order valence-electron chi connectivity index (χ4n) is 2.11. The summed E-state index contributed by atoms with van der Waals surface area (Å²) in [5.41, 5.74) is 0. The van der Waals surface area contributed by atoms with Crippen molar-refractivity contribution < 1.29 is 14.7 Å². The predicted octanol–water partition coefficient (Wildman–Crippen LogP) is 1.94. The fourth-order valence-corrected chi connectivity index (χ4v) is 2.11. The Labute approximate surface area is 96.4 Å². The van der Waals surface area contributed by atoms with Crippen molar-refractivity contribution in [1.29, 1.82) is 0 Å². The van der Waals surface area contributed by atoms with Crippen molar-refractivity contribution in [2.24, 2.45) is 5.92 Å². The number of carbonyl (C=O) groups is 2. The van der Waals surface area contributed by atoms with Gasteiger partial charge in [-0.2, -0.15) is 0 Å². The van der Waals surface area contributed by atoms with Crippen LogP contribution in [0.15, 0.2) is 0 Å². The molecule has 0 heterocycles. The zero-order chi connectivity index (χ0) is 12.0. The summed E-state index contributed by atoms with van der Waals surface area (Å²) in [5, 5.41) is 11.3. The lowest BCUT2D eigenvalue weighted by Crippen LogP contribution is -2.41. The molecule has 0 spiro atoms. The van der Waals surface area contributed by atoms with Gasteiger partial charge < -0.3 is 10.4 Å². The van der Waals surface area contributed by atoms with E-state index in [0.29, 0.717) is 0 Å². The molecular formula is C12H21NO3. The zero-order valence-corrected chi connectivity index (χ0v) is 9.87. The maximum atomic E-state index is 11.8. The fraction of sp³-hybridized carbons (Fsp3) is 0.833. The highest BCUT2D eigenvalue weighted by Crippen LogP contribution is 2.22. The van der Waals surface area contributed by atoms with Crippen LogP contribution >= 0.6 is 0 Å². The Hall–Kier alpha value is -1.06. The van der Waals surface area contributed by atoms with Crippen molar-refractivity contribution in [3.63, 3.8) is 0 Å². The van der Waals surface area contributed by atoms with Gasteiger partial charge in [0.2, 0.25) is 5.91 Å². The van der Waals surface area contributed by atoms with Gasteiger partial charge in [0.25, 0.3) is 0 Å². The second-order valence-electron chi connectivity index (χ2n) is 4.61. The van der Waals surface area contributed by atoms with E-state index in [0.717, 1.165) is 25.7 Å². The third-order valence-corrected chi connectivity index (χ3v) is 3.21. The number of carboxylic acids is 1. The second-order valence-corrected chi connectivity index (χ2v) is 4.61. The minimum atomic E-state index is -0.973. The summed E-state index contributed by atoms with van der Waals surface area (Å²) in [6, 6.07) is -0.780. The summed E-state index contributed by atoms with van der Waals surface area (Å²) in [7, 11) is 0. The zero-order valence-electron chi connectivity index (χ0n) is 9.87. The molecule has 2 N–H and O–H groups in total. The molecule has 0 radical (unpaired) electrons. The first-order valence-electron chi connectivity index (χ1n) is 6.14. The molecule has 1 atom stereocenters. The molecule has 0 aromatic rings. The molecule has 16 heavy (non-hydrogen) atoms. The Morgan fingerprint density at radius 1 is 1.12 bits per heavy atom. The van der Waals surface area contributed by atoms with E-state index < -0.39 is 12.0 Å². The number of carbonyl (C=O) groups excluding carboxylic acids is 1. The van der Waals surface area contributed by atoms with E-state index in [4.69, 9.17) is 5.11 Å². The van der Waals surface area contributed by atoms with Crippen LogP contribution in [0, 0.1) is 5.92 Å². The third kappa shape index (κ3) is 4.21. The average Bonchev–Trinajstić information content (AvgIpc) is 2.16. The van der Waals surface area contributed by atoms with Crippen molar-refractivity contribution in [2.75, 3.05) is 0 Å². The first kappa shape index (κ1) is 13.0. The van der Waals surface area contributed by atoms with E-state index in [9.17, 15) is 9.59 Å². The molecule has 0 unspecified atom stereocenters. The van der Waals surface area contributed by atoms with Gasteiger partial charge in [0, 0.05) is 5.92 Å². The number of nitrogens with one attached hydrogen (secondary N) is 1. The van der Waals surface area contributed by atoms with Gasteiger partial charge in [-0.05, 0) is 19.8 Å². The Balaban J connectivity index is 2.41. The molecule has 1 saturated carbocycles. The molecule has 0 bridgehead atoms. The third-order valence-electron chi connectivity index (χ3n) is 3.21. The van der Waals surface area contributed by atoms with E-state index >= 15 is 0 Å². The molecule has 0 aliphatic heterocycles. The van der Waals surface area contributed by atoms with E-state index in [-0.39, 0.29) is 11.8 Å². The molecule has 0 saturated heterocycles. The van der Waals surface area contributed by atoms with Crippen LogP contribution in [0.1, 0.15) is 51.9 Å². The summed E-state index contributed by atoms with van der Waals surface area (Å²) in [6.07, 6.45) is 7.62. The minimum Gasteiger partial charge on any atom is -0.480 e. The molecule has 1 rings (SSSR count). The molecule has 4 heteroatoms. The lowest BCUT2D eigenvalue weighted by atomic mass is 9.90. The Bertz CT molecular complexity index is 245. The standard InChI is InChI=1S/C12H21NO3/c1-9(12(15)16)13-11(14)10-7-5-3-2-4-6-8-10/h9-10H,2-8H2,1H3,(H,13,14)(H,15,16)/t9-/m0/s1. The number of hydrogen-bond donors (Lipinski definition) is 2. The second kappa shape index (κ2) is 6.51. The number of hydrogen-bond acceptors (Lipinski definition) is 2. The summed E-state index contributed by atoms with van der Waals surface area (Å²) >= 11 is 0.